The summed E-state index contributed by atoms with van der Waals surface area (Å²) < 4.78 is 0. The van der Waals surface area contributed by atoms with Gasteiger partial charge in [-0.15, -0.1) is 0 Å². The van der Waals surface area contributed by atoms with Gasteiger partial charge in [0.1, 0.15) is 0 Å². The molecule has 0 radical (unpaired) electrons. The van der Waals surface area contributed by atoms with E-state index in [4.69, 9.17) is 0 Å². The molecule has 2 nitrogen and oxygen atoms in total. The van der Waals surface area contributed by atoms with Gasteiger partial charge in [-0.2, -0.15) is 0 Å². The molecule has 1 aliphatic heterocycles. The van der Waals surface area contributed by atoms with Crippen molar-refractivity contribution in [2.24, 2.45) is 11.8 Å². The molecule has 0 aromatic carbocycles. The van der Waals surface area contributed by atoms with E-state index in [0.29, 0.717) is 12.1 Å². The van der Waals surface area contributed by atoms with Gasteiger partial charge in [-0.25, -0.2) is 0 Å². The molecule has 4 atom stereocenters. The minimum absolute atomic E-state index is 0.689. The molecule has 0 aromatic heterocycles. The molecule has 17 heavy (non-hydrogen) atoms. The highest BCUT2D eigenvalue weighted by atomic mass is 15.1. The molecule has 1 N–H and O–H groups in total. The minimum Gasteiger partial charge on any atom is -0.312 e. The molecule has 2 aliphatic rings. The summed E-state index contributed by atoms with van der Waals surface area (Å²) in [6.07, 6.45) is 7.03. The highest BCUT2D eigenvalue weighted by Gasteiger charge is 2.26. The molecule has 1 heterocycles. The summed E-state index contributed by atoms with van der Waals surface area (Å²) in [6, 6.07) is 1.38. The Bertz CT molecular complexity index is 217. The van der Waals surface area contributed by atoms with Crippen molar-refractivity contribution in [1.29, 1.82) is 0 Å². The topological polar surface area (TPSA) is 15.3 Å². The molecular formula is C15H30N2. The molecule has 1 saturated heterocycles. The van der Waals surface area contributed by atoms with E-state index in [0.717, 1.165) is 11.8 Å². The predicted octanol–water partition coefficient (Wildman–Crippen LogP) is 2.89. The monoisotopic (exact) mass is 238 g/mol. The Morgan fingerprint density at radius 1 is 0.941 bits per heavy atom. The lowest BCUT2D eigenvalue weighted by molar-refractivity contribution is 0.177. The Labute approximate surface area is 107 Å². The maximum atomic E-state index is 3.68. The summed E-state index contributed by atoms with van der Waals surface area (Å²) in [5.41, 5.74) is 0. The standard InChI is InChI=1S/C15H30N2/c1-12-5-4-6-15(12)11-17-9-7-13(2)16-14(3)8-10-17/h12-16H,4-11H2,1-3H3. The zero-order valence-electron chi connectivity index (χ0n) is 11.9. The van der Waals surface area contributed by atoms with Gasteiger partial charge < -0.3 is 10.2 Å². The van der Waals surface area contributed by atoms with Gasteiger partial charge in [0.05, 0.1) is 0 Å². The number of nitrogens with one attached hydrogen (secondary N) is 1. The second-order valence-corrected chi connectivity index (χ2v) is 6.51. The first-order chi connectivity index (χ1) is 8.15. The number of nitrogens with zero attached hydrogens (tertiary/aromatic N) is 1. The lowest BCUT2D eigenvalue weighted by Crippen LogP contribution is -2.44. The summed E-state index contributed by atoms with van der Waals surface area (Å²) >= 11 is 0. The quantitative estimate of drug-likeness (QED) is 0.796. The largest absolute Gasteiger partial charge is 0.312 e. The van der Waals surface area contributed by atoms with Crippen LogP contribution in [-0.2, 0) is 0 Å². The Balaban J connectivity index is 1.82. The van der Waals surface area contributed by atoms with Gasteiger partial charge in [-0.05, 0) is 58.0 Å². The zero-order chi connectivity index (χ0) is 12.3. The van der Waals surface area contributed by atoms with Gasteiger partial charge in [-0.3, -0.25) is 0 Å². The molecule has 0 amide bonds. The fourth-order valence-corrected chi connectivity index (χ4v) is 3.52. The Morgan fingerprint density at radius 2 is 1.59 bits per heavy atom. The summed E-state index contributed by atoms with van der Waals surface area (Å²) in [5, 5.41) is 3.68. The Morgan fingerprint density at radius 3 is 2.12 bits per heavy atom. The minimum atomic E-state index is 0.689. The van der Waals surface area contributed by atoms with E-state index in [2.05, 4.69) is 31.0 Å². The summed E-state index contributed by atoms with van der Waals surface area (Å²) in [6.45, 7) is 11.1. The molecule has 0 bridgehead atoms. The van der Waals surface area contributed by atoms with Crippen molar-refractivity contribution in [1.82, 2.24) is 10.2 Å². The van der Waals surface area contributed by atoms with Crippen molar-refractivity contribution >= 4 is 0 Å². The third kappa shape index (κ3) is 3.96. The van der Waals surface area contributed by atoms with Crippen molar-refractivity contribution in [3.05, 3.63) is 0 Å². The van der Waals surface area contributed by atoms with E-state index >= 15 is 0 Å². The normalized spacial score (nSPS) is 41.1. The van der Waals surface area contributed by atoms with E-state index < -0.39 is 0 Å². The van der Waals surface area contributed by atoms with Gasteiger partial charge >= 0.3 is 0 Å². The maximum Gasteiger partial charge on any atom is 0.00533 e. The van der Waals surface area contributed by atoms with Crippen LogP contribution in [0.1, 0.15) is 52.9 Å². The third-order valence-corrected chi connectivity index (χ3v) is 4.86. The highest BCUT2D eigenvalue weighted by molar-refractivity contribution is 4.80. The van der Waals surface area contributed by atoms with Crippen LogP contribution in [0.15, 0.2) is 0 Å². The van der Waals surface area contributed by atoms with Crippen molar-refractivity contribution in [2.45, 2.75) is 65.0 Å². The van der Waals surface area contributed by atoms with E-state index in [1.54, 1.807) is 0 Å². The van der Waals surface area contributed by atoms with Gasteiger partial charge in [0.2, 0.25) is 0 Å². The van der Waals surface area contributed by atoms with Crippen LogP contribution in [0.3, 0.4) is 0 Å². The lowest BCUT2D eigenvalue weighted by Gasteiger charge is -2.33. The second-order valence-electron chi connectivity index (χ2n) is 6.51. The van der Waals surface area contributed by atoms with E-state index in [1.165, 1.54) is 51.7 Å². The van der Waals surface area contributed by atoms with Gasteiger partial charge in [0.25, 0.3) is 0 Å². The van der Waals surface area contributed by atoms with E-state index in [9.17, 15) is 0 Å². The fourth-order valence-electron chi connectivity index (χ4n) is 3.52. The van der Waals surface area contributed by atoms with Crippen LogP contribution in [0.4, 0.5) is 0 Å². The van der Waals surface area contributed by atoms with Crippen LogP contribution in [-0.4, -0.2) is 36.6 Å². The van der Waals surface area contributed by atoms with Crippen molar-refractivity contribution < 1.29 is 0 Å². The second kappa shape index (κ2) is 6.19. The molecule has 2 heteroatoms. The molecule has 0 spiro atoms. The molecule has 2 rings (SSSR count). The Hall–Kier alpha value is -0.0800. The van der Waals surface area contributed by atoms with Gasteiger partial charge in [0, 0.05) is 18.6 Å². The first-order valence-corrected chi connectivity index (χ1v) is 7.63. The average Bonchev–Trinajstić information content (AvgIpc) is 2.66. The van der Waals surface area contributed by atoms with Gasteiger partial charge in [0.15, 0.2) is 0 Å². The molecule has 4 unspecified atom stereocenters. The summed E-state index contributed by atoms with van der Waals surface area (Å²) in [4.78, 5) is 2.74. The van der Waals surface area contributed by atoms with E-state index in [1.807, 2.05) is 0 Å². The number of rotatable bonds is 2. The average molecular weight is 238 g/mol. The fraction of sp³-hybridized carbons (Fsp3) is 1.00. The molecule has 1 aliphatic carbocycles. The van der Waals surface area contributed by atoms with Crippen LogP contribution in [0.2, 0.25) is 0 Å². The predicted molar refractivity (Wildman–Crippen MR) is 74.2 cm³/mol. The maximum absolute atomic E-state index is 3.68. The van der Waals surface area contributed by atoms with Crippen LogP contribution >= 0.6 is 0 Å². The highest BCUT2D eigenvalue weighted by Crippen LogP contribution is 2.31. The van der Waals surface area contributed by atoms with E-state index in [-0.39, 0.29) is 0 Å². The van der Waals surface area contributed by atoms with Crippen molar-refractivity contribution in [3.63, 3.8) is 0 Å². The van der Waals surface area contributed by atoms with Crippen LogP contribution in [0.5, 0.6) is 0 Å². The molecule has 1 saturated carbocycles. The first kappa shape index (κ1) is 13.4. The number of hydrogen-bond acceptors (Lipinski definition) is 2. The molecule has 0 aromatic rings. The van der Waals surface area contributed by atoms with Crippen molar-refractivity contribution in [3.8, 4) is 0 Å². The SMILES string of the molecule is CC1CCN(CC2CCCC2C)CCC(C)N1. The zero-order valence-corrected chi connectivity index (χ0v) is 11.9. The van der Waals surface area contributed by atoms with Crippen LogP contribution < -0.4 is 5.32 Å². The van der Waals surface area contributed by atoms with Crippen LogP contribution in [0.25, 0.3) is 0 Å². The Kier molecular flexibility index (Phi) is 4.87. The first-order valence-electron chi connectivity index (χ1n) is 7.63. The molecule has 100 valence electrons. The number of hydrogen-bond donors (Lipinski definition) is 1. The van der Waals surface area contributed by atoms with Crippen LogP contribution in [0, 0.1) is 11.8 Å². The van der Waals surface area contributed by atoms with Crippen molar-refractivity contribution in [2.75, 3.05) is 19.6 Å². The summed E-state index contributed by atoms with van der Waals surface area (Å²) in [5.74, 6) is 1.95. The summed E-state index contributed by atoms with van der Waals surface area (Å²) in [7, 11) is 0. The van der Waals surface area contributed by atoms with Gasteiger partial charge in [-0.1, -0.05) is 19.8 Å². The lowest BCUT2D eigenvalue weighted by atomic mass is 9.97. The molecule has 2 fully saturated rings. The smallest absolute Gasteiger partial charge is 0.00533 e. The molecular weight excluding hydrogens is 208 g/mol. The third-order valence-electron chi connectivity index (χ3n) is 4.86.